The lowest BCUT2D eigenvalue weighted by Crippen LogP contribution is -2.49. The molecule has 12 heteroatoms. The number of carbonyl (C=O) groups excluding carboxylic acids is 1. The van der Waals surface area contributed by atoms with Gasteiger partial charge in [0, 0.05) is 22.4 Å². The molecular formula is C31H38N4O7S. The van der Waals surface area contributed by atoms with Crippen LogP contribution in [-0.4, -0.2) is 60.4 Å². The fourth-order valence-corrected chi connectivity index (χ4v) is 8.88. The van der Waals surface area contributed by atoms with Crippen molar-refractivity contribution in [3.8, 4) is 11.1 Å². The van der Waals surface area contributed by atoms with Crippen LogP contribution in [0, 0.1) is 26.9 Å². The van der Waals surface area contributed by atoms with E-state index in [1.54, 1.807) is 12.1 Å². The summed E-state index contributed by atoms with van der Waals surface area (Å²) in [6.45, 7) is 3.50. The number of nitro groups is 1. The number of nitrogens with one attached hydrogen (secondary N) is 2. The second kappa shape index (κ2) is 11.8. The fourth-order valence-electron chi connectivity index (χ4n) is 6.85. The van der Waals surface area contributed by atoms with E-state index in [0.717, 1.165) is 36.8 Å². The maximum atomic E-state index is 13.2. The second-order valence-electron chi connectivity index (χ2n) is 12.7. The molecule has 3 saturated carbocycles. The van der Waals surface area contributed by atoms with Gasteiger partial charge in [0.05, 0.1) is 11.8 Å². The number of carboxylic acids is 1. The SMILES string of the molecule is CC1(C)[C@H]2CCC1(CS(=O)(=O)N[C@@H](Cc1ccc(-c3cccc(NC(C[N+](=O)[O-])=NC4CCC4)c3)cc1)C(=O)O)C(=O)C2. The Bertz CT molecular complexity index is 1550. The van der Waals surface area contributed by atoms with E-state index in [1.165, 1.54) is 0 Å². The highest BCUT2D eigenvalue weighted by Gasteiger charge is 2.65. The molecule has 0 amide bonds. The molecule has 3 fully saturated rings. The highest BCUT2D eigenvalue weighted by Crippen LogP contribution is 2.64. The van der Waals surface area contributed by atoms with Gasteiger partial charge in [0.15, 0.2) is 5.84 Å². The quantitative estimate of drug-likeness (QED) is 0.138. The number of Topliss-reactive ketones (excluding diaryl/α,β-unsaturated/α-hetero) is 1. The van der Waals surface area contributed by atoms with Crippen LogP contribution >= 0.6 is 0 Å². The van der Waals surface area contributed by atoms with Crippen LogP contribution < -0.4 is 10.0 Å². The summed E-state index contributed by atoms with van der Waals surface area (Å²) in [5, 5.41) is 24.1. The van der Waals surface area contributed by atoms with Crippen LogP contribution in [0.25, 0.3) is 11.1 Å². The predicted molar refractivity (Wildman–Crippen MR) is 163 cm³/mol. The van der Waals surface area contributed by atoms with Gasteiger partial charge in [0.2, 0.25) is 10.0 Å². The third kappa shape index (κ3) is 6.50. The molecule has 230 valence electrons. The Labute approximate surface area is 251 Å². The van der Waals surface area contributed by atoms with Crippen molar-refractivity contribution in [3.05, 3.63) is 64.2 Å². The number of fused-ring (bicyclic) bond motifs is 2. The molecule has 3 aliphatic carbocycles. The van der Waals surface area contributed by atoms with Crippen molar-refractivity contribution in [2.75, 3.05) is 17.6 Å². The Balaban J connectivity index is 1.26. The van der Waals surface area contributed by atoms with Gasteiger partial charge < -0.3 is 10.4 Å². The number of benzene rings is 2. The van der Waals surface area contributed by atoms with Crippen molar-refractivity contribution in [1.82, 2.24) is 4.72 Å². The normalized spacial score (nSPS) is 24.0. The van der Waals surface area contributed by atoms with E-state index in [0.29, 0.717) is 29.9 Å². The molecular weight excluding hydrogens is 572 g/mol. The maximum absolute atomic E-state index is 13.2. The zero-order valence-electron chi connectivity index (χ0n) is 24.4. The maximum Gasteiger partial charge on any atom is 0.322 e. The van der Waals surface area contributed by atoms with Gasteiger partial charge in [-0.25, -0.2) is 13.1 Å². The van der Waals surface area contributed by atoms with E-state index < -0.39 is 43.5 Å². The standard InChI is InChI=1S/C31H38N4O7S/c1-30(2)23-13-14-31(30,27(36)17-23)19-43(41,42)34-26(29(37)38)15-20-9-11-21(12-10-20)22-5-3-8-25(16-22)33-28(18-35(39)40)32-24-6-4-7-24/h3,5,8-12,16,23-24,26,34H,4,6-7,13-15,17-19H2,1-2H3,(H,32,33)(H,37,38)/t23-,26-,31?/m0/s1. The van der Waals surface area contributed by atoms with Crippen LogP contribution in [0.3, 0.4) is 0 Å². The number of hydrogen-bond donors (Lipinski definition) is 3. The smallest absolute Gasteiger partial charge is 0.322 e. The molecule has 5 rings (SSSR count). The monoisotopic (exact) mass is 610 g/mol. The minimum atomic E-state index is -4.07. The number of anilines is 1. The number of carboxylic acid groups (broad SMARTS) is 1. The molecule has 3 aliphatic rings. The molecule has 11 nitrogen and oxygen atoms in total. The van der Waals surface area contributed by atoms with E-state index in [9.17, 15) is 33.2 Å². The molecule has 0 aliphatic heterocycles. The van der Waals surface area contributed by atoms with Crippen molar-refractivity contribution in [2.24, 2.45) is 21.7 Å². The van der Waals surface area contributed by atoms with E-state index in [-0.39, 0.29) is 30.7 Å². The van der Waals surface area contributed by atoms with Crippen molar-refractivity contribution >= 4 is 33.3 Å². The van der Waals surface area contributed by atoms with Crippen molar-refractivity contribution in [3.63, 3.8) is 0 Å². The van der Waals surface area contributed by atoms with Gasteiger partial charge in [0.25, 0.3) is 6.54 Å². The molecule has 43 heavy (non-hydrogen) atoms. The van der Waals surface area contributed by atoms with E-state index >= 15 is 0 Å². The predicted octanol–water partition coefficient (Wildman–Crippen LogP) is 4.30. The Morgan fingerprint density at radius 2 is 1.86 bits per heavy atom. The summed E-state index contributed by atoms with van der Waals surface area (Å²) in [6, 6.07) is 13.3. The summed E-state index contributed by atoms with van der Waals surface area (Å²) in [6.07, 6.45) is 4.55. The molecule has 1 unspecified atom stereocenters. The number of nitrogens with zero attached hydrogens (tertiary/aromatic N) is 2. The first-order valence-electron chi connectivity index (χ1n) is 14.7. The zero-order valence-corrected chi connectivity index (χ0v) is 25.2. The molecule has 0 saturated heterocycles. The lowest BCUT2D eigenvalue weighted by molar-refractivity contribution is -0.463. The molecule has 0 aromatic heterocycles. The molecule has 2 bridgehead atoms. The van der Waals surface area contributed by atoms with Gasteiger partial charge in [-0.15, -0.1) is 0 Å². The molecule has 0 radical (unpaired) electrons. The first-order chi connectivity index (χ1) is 20.3. The Morgan fingerprint density at radius 1 is 1.14 bits per heavy atom. The van der Waals surface area contributed by atoms with Crippen molar-refractivity contribution in [2.45, 2.75) is 70.9 Å². The molecule has 0 heterocycles. The van der Waals surface area contributed by atoms with Crippen LogP contribution in [0.15, 0.2) is 53.5 Å². The average Bonchev–Trinajstić information content (AvgIpc) is 3.24. The van der Waals surface area contributed by atoms with E-state index in [1.807, 2.05) is 50.2 Å². The van der Waals surface area contributed by atoms with Crippen LogP contribution in [0.4, 0.5) is 5.69 Å². The van der Waals surface area contributed by atoms with Gasteiger partial charge in [-0.2, -0.15) is 0 Å². The summed E-state index contributed by atoms with van der Waals surface area (Å²) >= 11 is 0. The molecule has 3 atom stereocenters. The number of carbonyl (C=O) groups is 2. The average molecular weight is 611 g/mol. The van der Waals surface area contributed by atoms with Crippen LogP contribution in [0.5, 0.6) is 0 Å². The fraction of sp³-hybridized carbons (Fsp3) is 0.516. The van der Waals surface area contributed by atoms with Gasteiger partial charge in [-0.1, -0.05) is 50.2 Å². The first kappa shape index (κ1) is 30.8. The van der Waals surface area contributed by atoms with Crippen LogP contribution in [0.2, 0.25) is 0 Å². The number of rotatable bonds is 12. The lowest BCUT2D eigenvalue weighted by Gasteiger charge is -2.36. The zero-order chi connectivity index (χ0) is 31.0. The van der Waals surface area contributed by atoms with Gasteiger partial charge >= 0.3 is 5.97 Å². The minimum Gasteiger partial charge on any atom is -0.480 e. The molecule has 2 aromatic rings. The minimum absolute atomic E-state index is 0.0412. The van der Waals surface area contributed by atoms with Crippen molar-refractivity contribution < 1.29 is 28.0 Å². The number of aliphatic imine (C=N–C) groups is 1. The van der Waals surface area contributed by atoms with E-state index in [4.69, 9.17) is 0 Å². The van der Waals surface area contributed by atoms with Crippen LogP contribution in [-0.2, 0) is 26.0 Å². The summed E-state index contributed by atoms with van der Waals surface area (Å²) < 4.78 is 28.8. The Morgan fingerprint density at radius 3 is 2.42 bits per heavy atom. The third-order valence-corrected chi connectivity index (χ3v) is 11.3. The molecule has 0 spiro atoms. The number of aliphatic carboxylic acids is 1. The Kier molecular flexibility index (Phi) is 8.45. The summed E-state index contributed by atoms with van der Waals surface area (Å²) in [7, 11) is -4.07. The highest BCUT2D eigenvalue weighted by molar-refractivity contribution is 7.89. The highest BCUT2D eigenvalue weighted by atomic mass is 32.2. The number of ketones is 1. The molecule has 3 N–H and O–H groups in total. The number of amidine groups is 1. The summed E-state index contributed by atoms with van der Waals surface area (Å²) in [4.78, 5) is 40.2. The topological polar surface area (TPSA) is 168 Å². The van der Waals surface area contributed by atoms with Crippen molar-refractivity contribution in [1.29, 1.82) is 0 Å². The number of sulfonamides is 1. The first-order valence-corrected chi connectivity index (χ1v) is 16.3. The summed E-state index contributed by atoms with van der Waals surface area (Å²) in [5.74, 6) is -1.26. The Hall–Kier alpha value is -3.64. The number of hydrogen-bond acceptors (Lipinski definition) is 7. The second-order valence-corrected chi connectivity index (χ2v) is 14.4. The largest absolute Gasteiger partial charge is 0.480 e. The lowest BCUT2D eigenvalue weighted by atomic mass is 9.70. The summed E-state index contributed by atoms with van der Waals surface area (Å²) in [5.41, 5.74) is 1.55. The van der Waals surface area contributed by atoms with Gasteiger partial charge in [-0.3, -0.25) is 24.7 Å². The van der Waals surface area contributed by atoms with Gasteiger partial charge in [-0.05, 0) is 78.7 Å². The third-order valence-electron chi connectivity index (χ3n) is 9.77. The van der Waals surface area contributed by atoms with Gasteiger partial charge in [0.1, 0.15) is 11.8 Å². The van der Waals surface area contributed by atoms with E-state index in [2.05, 4.69) is 15.0 Å². The molecule has 2 aromatic carbocycles. The van der Waals surface area contributed by atoms with Crippen LogP contribution in [0.1, 0.15) is 57.9 Å².